The minimum Gasteiger partial charge on any atom is -0.285 e. The number of rotatable bonds is 1. The first-order valence-corrected chi connectivity index (χ1v) is 6.14. The average molecular weight is 240 g/mol. The van der Waals surface area contributed by atoms with Gasteiger partial charge in [-0.25, -0.2) is 0 Å². The quantitative estimate of drug-likeness (QED) is 0.770. The van der Waals surface area contributed by atoms with Crippen molar-refractivity contribution in [2.24, 2.45) is 10.8 Å². The van der Waals surface area contributed by atoms with Crippen LogP contribution in [0.5, 0.6) is 0 Å². The van der Waals surface area contributed by atoms with Gasteiger partial charge in [-0.3, -0.25) is 4.40 Å². The maximum atomic E-state index is 8.98. The Morgan fingerprint density at radius 1 is 1.17 bits per heavy atom. The summed E-state index contributed by atoms with van der Waals surface area (Å²) in [6, 6.07) is 5.78. The average Bonchev–Trinajstić information content (AvgIpc) is 2.66. The summed E-state index contributed by atoms with van der Waals surface area (Å²) in [5.74, 6) is 1.35. The Hall–Kier alpha value is -1.89. The van der Waals surface area contributed by atoms with Gasteiger partial charge < -0.3 is 0 Å². The zero-order valence-electron chi connectivity index (χ0n) is 11.1. The first-order chi connectivity index (χ1) is 8.39. The summed E-state index contributed by atoms with van der Waals surface area (Å²) in [7, 11) is 0. The Morgan fingerprint density at radius 2 is 1.83 bits per heavy atom. The van der Waals surface area contributed by atoms with Gasteiger partial charge in [0.1, 0.15) is 11.9 Å². The Morgan fingerprint density at radius 3 is 2.39 bits per heavy atom. The first-order valence-electron chi connectivity index (χ1n) is 6.14. The van der Waals surface area contributed by atoms with Crippen molar-refractivity contribution >= 4 is 5.65 Å². The molecule has 1 fully saturated rings. The van der Waals surface area contributed by atoms with Gasteiger partial charge in [0, 0.05) is 12.1 Å². The summed E-state index contributed by atoms with van der Waals surface area (Å²) >= 11 is 0. The summed E-state index contributed by atoms with van der Waals surface area (Å²) in [4.78, 5) is 0. The molecule has 1 aliphatic rings. The fraction of sp³-hybridized carbons (Fsp3) is 0.500. The zero-order valence-corrected chi connectivity index (χ0v) is 11.1. The third kappa shape index (κ3) is 1.19. The molecule has 2 heterocycles. The van der Waals surface area contributed by atoms with E-state index >= 15 is 0 Å². The van der Waals surface area contributed by atoms with Crippen LogP contribution in [0.15, 0.2) is 18.3 Å². The number of hydrogen-bond acceptors (Lipinski definition) is 3. The number of pyridine rings is 1. The summed E-state index contributed by atoms with van der Waals surface area (Å²) in [6.07, 6.45) is 1.83. The lowest BCUT2D eigenvalue weighted by atomic mass is 10.0. The molecule has 0 spiro atoms. The van der Waals surface area contributed by atoms with E-state index in [9.17, 15) is 0 Å². The molecule has 3 rings (SSSR count). The van der Waals surface area contributed by atoms with E-state index in [0.717, 1.165) is 11.5 Å². The van der Waals surface area contributed by atoms with Crippen molar-refractivity contribution in [3.05, 3.63) is 29.7 Å². The molecule has 0 N–H and O–H groups in total. The number of nitrogens with zero attached hydrogens (tertiary/aromatic N) is 4. The van der Waals surface area contributed by atoms with Gasteiger partial charge in [-0.2, -0.15) is 5.26 Å². The number of fused-ring (bicyclic) bond motifs is 1. The van der Waals surface area contributed by atoms with Crippen LogP contribution >= 0.6 is 0 Å². The van der Waals surface area contributed by atoms with E-state index in [-0.39, 0.29) is 10.8 Å². The van der Waals surface area contributed by atoms with Crippen molar-refractivity contribution in [1.82, 2.24) is 14.6 Å². The highest BCUT2D eigenvalue weighted by Crippen LogP contribution is 2.73. The number of hydrogen-bond donors (Lipinski definition) is 0. The second kappa shape index (κ2) is 3.11. The van der Waals surface area contributed by atoms with Gasteiger partial charge in [-0.05, 0) is 23.0 Å². The van der Waals surface area contributed by atoms with Crippen LogP contribution in [-0.4, -0.2) is 14.6 Å². The van der Waals surface area contributed by atoms with Crippen LogP contribution < -0.4 is 0 Å². The van der Waals surface area contributed by atoms with Gasteiger partial charge in [-0.15, -0.1) is 10.2 Å². The van der Waals surface area contributed by atoms with Crippen molar-refractivity contribution in [1.29, 1.82) is 5.26 Å². The van der Waals surface area contributed by atoms with Crippen LogP contribution in [-0.2, 0) is 0 Å². The molecule has 0 radical (unpaired) electrons. The minimum atomic E-state index is 0.221. The molecule has 1 aliphatic carbocycles. The summed E-state index contributed by atoms with van der Waals surface area (Å²) in [5, 5.41) is 17.5. The fourth-order valence-corrected chi connectivity index (χ4v) is 3.01. The Bertz CT molecular complexity index is 659. The van der Waals surface area contributed by atoms with Gasteiger partial charge in [0.25, 0.3) is 0 Å². The highest BCUT2D eigenvalue weighted by atomic mass is 15.3. The van der Waals surface area contributed by atoms with E-state index < -0.39 is 0 Å². The van der Waals surface area contributed by atoms with Gasteiger partial charge in [0.05, 0.1) is 5.56 Å². The van der Waals surface area contributed by atoms with Crippen molar-refractivity contribution in [2.75, 3.05) is 0 Å². The van der Waals surface area contributed by atoms with Crippen LogP contribution in [0.1, 0.15) is 45.0 Å². The summed E-state index contributed by atoms with van der Waals surface area (Å²) in [6.45, 7) is 9.03. The predicted molar refractivity (Wildman–Crippen MR) is 68.0 cm³/mol. The van der Waals surface area contributed by atoms with Gasteiger partial charge in [-0.1, -0.05) is 27.7 Å². The second-order valence-corrected chi connectivity index (χ2v) is 6.19. The molecular weight excluding hydrogens is 224 g/mol. The summed E-state index contributed by atoms with van der Waals surface area (Å²) in [5.41, 5.74) is 1.89. The third-order valence-corrected chi connectivity index (χ3v) is 4.84. The van der Waals surface area contributed by atoms with Crippen LogP contribution in [0.2, 0.25) is 0 Å². The molecule has 0 bridgehead atoms. The predicted octanol–water partition coefficient (Wildman–Crippen LogP) is 2.75. The van der Waals surface area contributed by atoms with Crippen molar-refractivity contribution in [3.8, 4) is 6.07 Å². The monoisotopic (exact) mass is 240 g/mol. The highest BCUT2D eigenvalue weighted by Gasteiger charge is 2.67. The maximum Gasteiger partial charge on any atom is 0.160 e. The maximum absolute atomic E-state index is 8.98. The SMILES string of the molecule is CC1(C)C(c2nnc3ccc(C#N)cn23)C1(C)C. The molecule has 0 aromatic carbocycles. The Kier molecular flexibility index (Phi) is 1.94. The van der Waals surface area contributed by atoms with Crippen molar-refractivity contribution < 1.29 is 0 Å². The molecule has 18 heavy (non-hydrogen) atoms. The zero-order chi connectivity index (χ0) is 13.1. The molecule has 92 valence electrons. The number of aromatic nitrogens is 3. The number of nitriles is 1. The minimum absolute atomic E-state index is 0.221. The molecule has 4 heteroatoms. The third-order valence-electron chi connectivity index (χ3n) is 4.84. The lowest BCUT2D eigenvalue weighted by Gasteiger charge is -2.03. The van der Waals surface area contributed by atoms with Crippen LogP contribution in [0.25, 0.3) is 5.65 Å². The Labute approximate surface area is 106 Å². The molecule has 2 aromatic heterocycles. The van der Waals surface area contributed by atoms with Gasteiger partial charge in [0.2, 0.25) is 0 Å². The van der Waals surface area contributed by atoms with Gasteiger partial charge >= 0.3 is 0 Å². The highest BCUT2D eigenvalue weighted by molar-refractivity contribution is 5.44. The molecule has 0 aliphatic heterocycles. The second-order valence-electron chi connectivity index (χ2n) is 6.19. The smallest absolute Gasteiger partial charge is 0.160 e. The Balaban J connectivity index is 2.18. The van der Waals surface area contributed by atoms with E-state index in [2.05, 4.69) is 44.0 Å². The van der Waals surface area contributed by atoms with Crippen molar-refractivity contribution in [3.63, 3.8) is 0 Å². The lowest BCUT2D eigenvalue weighted by molar-refractivity contribution is 0.457. The standard InChI is InChI=1S/C14H16N4/c1-13(2)11(14(13,3)4)12-17-16-10-6-5-9(7-15)8-18(10)12/h5-6,8,11H,1-4H3. The van der Waals surface area contributed by atoms with Crippen LogP contribution in [0.3, 0.4) is 0 Å². The molecule has 2 aromatic rings. The molecule has 4 nitrogen and oxygen atoms in total. The molecule has 0 saturated heterocycles. The molecule has 1 saturated carbocycles. The molecule has 0 amide bonds. The van der Waals surface area contributed by atoms with Gasteiger partial charge in [0.15, 0.2) is 5.65 Å². The van der Waals surface area contributed by atoms with Crippen molar-refractivity contribution in [2.45, 2.75) is 33.6 Å². The largest absolute Gasteiger partial charge is 0.285 e. The van der Waals surface area contributed by atoms with E-state index in [1.54, 1.807) is 6.07 Å². The van der Waals surface area contributed by atoms with E-state index in [1.165, 1.54) is 0 Å². The topological polar surface area (TPSA) is 54.0 Å². The molecular formula is C14H16N4. The normalized spacial score (nSPS) is 20.8. The van der Waals surface area contributed by atoms with E-state index in [0.29, 0.717) is 11.5 Å². The van der Waals surface area contributed by atoms with Crippen LogP contribution in [0.4, 0.5) is 0 Å². The summed E-state index contributed by atoms with van der Waals surface area (Å²) < 4.78 is 1.96. The van der Waals surface area contributed by atoms with E-state index in [1.807, 2.05) is 16.7 Å². The fourth-order valence-electron chi connectivity index (χ4n) is 3.01. The molecule has 0 unspecified atom stereocenters. The lowest BCUT2D eigenvalue weighted by Crippen LogP contribution is -1.97. The van der Waals surface area contributed by atoms with Crippen LogP contribution in [0, 0.1) is 22.2 Å². The first kappa shape index (κ1) is 11.2. The van der Waals surface area contributed by atoms with E-state index in [4.69, 9.17) is 5.26 Å². The molecule has 0 atom stereocenters.